The van der Waals surface area contributed by atoms with Crippen LogP contribution in [0.4, 0.5) is 39.5 Å². The standard InChI is InChI=1S/C24H23F9/c1-2-15-3-5-16(6-4-15)17-7-9-18(10-8-17)19-11-13-20(14-12-19)21(25,26)22(27,28)23(29,30)24(31,32)33/h7-16H,2-6H2,1H3. The largest absolute Gasteiger partial charge is 0.460 e. The first kappa shape index (κ1) is 25.4. The van der Waals surface area contributed by atoms with Crippen LogP contribution in [0.5, 0.6) is 0 Å². The predicted molar refractivity (Wildman–Crippen MR) is 107 cm³/mol. The molecule has 0 aromatic heterocycles. The monoisotopic (exact) mass is 482 g/mol. The van der Waals surface area contributed by atoms with Gasteiger partial charge in [-0.3, -0.25) is 0 Å². The number of halogens is 9. The second-order valence-electron chi connectivity index (χ2n) is 8.55. The maximum absolute atomic E-state index is 14.1. The molecule has 0 spiro atoms. The summed E-state index contributed by atoms with van der Waals surface area (Å²) in [6.07, 6.45) is -1.25. The zero-order valence-corrected chi connectivity index (χ0v) is 17.7. The molecule has 0 nitrogen and oxygen atoms in total. The van der Waals surface area contributed by atoms with Crippen molar-refractivity contribution in [1.82, 2.24) is 0 Å². The van der Waals surface area contributed by atoms with Gasteiger partial charge in [0.15, 0.2) is 0 Å². The summed E-state index contributed by atoms with van der Waals surface area (Å²) in [7, 11) is 0. The van der Waals surface area contributed by atoms with E-state index >= 15 is 0 Å². The van der Waals surface area contributed by atoms with Crippen LogP contribution in [-0.2, 0) is 5.92 Å². The van der Waals surface area contributed by atoms with E-state index in [1.54, 1.807) is 12.1 Å². The Hall–Kier alpha value is -2.19. The average Bonchev–Trinajstić information content (AvgIpc) is 2.78. The SMILES string of the molecule is CCC1CCC(c2ccc(-c3ccc(C(F)(F)C(F)(F)C(F)(F)C(F)(F)F)cc3)cc2)CC1. The normalized spacial score (nSPS) is 20.7. The molecule has 1 aliphatic carbocycles. The third kappa shape index (κ3) is 4.60. The first-order chi connectivity index (χ1) is 15.2. The van der Waals surface area contributed by atoms with E-state index in [4.69, 9.17) is 0 Å². The summed E-state index contributed by atoms with van der Waals surface area (Å²) in [6, 6.07) is 10.1. The van der Waals surface area contributed by atoms with E-state index in [9.17, 15) is 39.5 Å². The summed E-state index contributed by atoms with van der Waals surface area (Å²) >= 11 is 0. The molecule has 1 saturated carbocycles. The summed E-state index contributed by atoms with van der Waals surface area (Å²) in [5, 5.41) is 0. The Morgan fingerprint density at radius 3 is 1.52 bits per heavy atom. The molecule has 0 N–H and O–H groups in total. The van der Waals surface area contributed by atoms with Gasteiger partial charge < -0.3 is 0 Å². The minimum atomic E-state index is -6.91. The van der Waals surface area contributed by atoms with E-state index in [0.29, 0.717) is 29.2 Å². The van der Waals surface area contributed by atoms with E-state index in [1.165, 1.54) is 0 Å². The van der Waals surface area contributed by atoms with Crippen molar-refractivity contribution in [2.45, 2.75) is 68.9 Å². The second-order valence-corrected chi connectivity index (χ2v) is 8.55. The molecular formula is C24H23F9. The van der Waals surface area contributed by atoms with Gasteiger partial charge in [-0.2, -0.15) is 39.5 Å². The minimum Gasteiger partial charge on any atom is -0.194 e. The van der Waals surface area contributed by atoms with Crippen molar-refractivity contribution >= 4 is 0 Å². The summed E-state index contributed by atoms with van der Waals surface area (Å²) in [5.41, 5.74) is 0.403. The van der Waals surface area contributed by atoms with Crippen molar-refractivity contribution < 1.29 is 39.5 Å². The Bertz CT molecular complexity index is 920. The lowest BCUT2D eigenvalue weighted by Crippen LogP contribution is -2.59. The van der Waals surface area contributed by atoms with Crippen molar-refractivity contribution in [3.05, 3.63) is 59.7 Å². The van der Waals surface area contributed by atoms with Crippen molar-refractivity contribution in [1.29, 1.82) is 0 Å². The summed E-state index contributed by atoms with van der Waals surface area (Å²) in [4.78, 5) is 0. The summed E-state index contributed by atoms with van der Waals surface area (Å²) in [5.74, 6) is -18.2. The maximum atomic E-state index is 14.1. The fraction of sp³-hybridized carbons (Fsp3) is 0.500. The van der Waals surface area contributed by atoms with E-state index in [0.717, 1.165) is 55.7 Å². The quantitative estimate of drug-likeness (QED) is 0.361. The molecule has 0 radical (unpaired) electrons. The van der Waals surface area contributed by atoms with Crippen LogP contribution in [-0.4, -0.2) is 18.0 Å². The van der Waals surface area contributed by atoms with Gasteiger partial charge in [0, 0.05) is 5.56 Å². The summed E-state index contributed by atoms with van der Waals surface area (Å²) in [6.45, 7) is 2.17. The van der Waals surface area contributed by atoms with Gasteiger partial charge >= 0.3 is 23.9 Å². The Kier molecular flexibility index (Phi) is 6.84. The second kappa shape index (κ2) is 8.87. The highest BCUT2D eigenvalue weighted by atomic mass is 19.4. The minimum absolute atomic E-state index is 0.335. The molecule has 1 fully saturated rings. The summed E-state index contributed by atoms with van der Waals surface area (Å²) < 4.78 is 119. The molecule has 182 valence electrons. The lowest BCUT2D eigenvalue weighted by atomic mass is 9.77. The highest BCUT2D eigenvalue weighted by Gasteiger charge is 2.82. The lowest BCUT2D eigenvalue weighted by molar-refractivity contribution is -0.399. The first-order valence-electron chi connectivity index (χ1n) is 10.6. The van der Waals surface area contributed by atoms with Gasteiger partial charge in [-0.1, -0.05) is 61.9 Å². The van der Waals surface area contributed by atoms with Crippen molar-refractivity contribution in [2.24, 2.45) is 5.92 Å². The molecule has 2 aromatic rings. The van der Waals surface area contributed by atoms with Crippen LogP contribution in [0.15, 0.2) is 48.5 Å². The maximum Gasteiger partial charge on any atom is 0.460 e. The van der Waals surface area contributed by atoms with Crippen LogP contribution in [0.1, 0.15) is 56.1 Å². The third-order valence-electron chi connectivity index (χ3n) is 6.53. The highest BCUT2D eigenvalue weighted by Crippen LogP contribution is 2.56. The molecule has 33 heavy (non-hydrogen) atoms. The zero-order valence-electron chi connectivity index (χ0n) is 17.7. The first-order valence-corrected chi connectivity index (χ1v) is 10.6. The molecule has 0 atom stereocenters. The molecule has 0 heterocycles. The van der Waals surface area contributed by atoms with E-state index in [1.807, 2.05) is 12.1 Å². The molecule has 9 heteroatoms. The molecule has 0 bridgehead atoms. The van der Waals surface area contributed by atoms with Gasteiger partial charge in [0.1, 0.15) is 0 Å². The molecule has 2 aromatic carbocycles. The number of hydrogen-bond acceptors (Lipinski definition) is 0. The molecular weight excluding hydrogens is 459 g/mol. The van der Waals surface area contributed by atoms with Crippen LogP contribution >= 0.6 is 0 Å². The van der Waals surface area contributed by atoms with Crippen LogP contribution in [0.2, 0.25) is 0 Å². The van der Waals surface area contributed by atoms with E-state index < -0.39 is 29.5 Å². The highest BCUT2D eigenvalue weighted by molar-refractivity contribution is 5.64. The van der Waals surface area contributed by atoms with Gasteiger partial charge in [-0.05, 0) is 54.2 Å². The van der Waals surface area contributed by atoms with Crippen LogP contribution in [0.3, 0.4) is 0 Å². The molecule has 0 aliphatic heterocycles. The van der Waals surface area contributed by atoms with Crippen LogP contribution in [0.25, 0.3) is 11.1 Å². The van der Waals surface area contributed by atoms with Crippen LogP contribution < -0.4 is 0 Å². The fourth-order valence-electron chi connectivity index (χ4n) is 4.28. The van der Waals surface area contributed by atoms with Crippen molar-refractivity contribution in [3.63, 3.8) is 0 Å². The van der Waals surface area contributed by atoms with Crippen molar-refractivity contribution in [3.8, 4) is 11.1 Å². The fourth-order valence-corrected chi connectivity index (χ4v) is 4.28. The smallest absolute Gasteiger partial charge is 0.194 e. The molecule has 1 aliphatic rings. The molecule has 0 unspecified atom stereocenters. The Morgan fingerprint density at radius 1 is 0.636 bits per heavy atom. The number of benzene rings is 2. The third-order valence-corrected chi connectivity index (χ3v) is 6.53. The average molecular weight is 482 g/mol. The van der Waals surface area contributed by atoms with Gasteiger partial charge in [0.05, 0.1) is 0 Å². The van der Waals surface area contributed by atoms with Crippen LogP contribution in [0, 0.1) is 5.92 Å². The van der Waals surface area contributed by atoms with E-state index in [-0.39, 0.29) is 0 Å². The number of alkyl halides is 9. The number of hydrogen-bond donors (Lipinski definition) is 0. The zero-order chi connectivity index (χ0) is 24.7. The molecule has 3 rings (SSSR count). The lowest BCUT2D eigenvalue weighted by Gasteiger charge is -2.33. The van der Waals surface area contributed by atoms with Gasteiger partial charge in [-0.25, -0.2) is 0 Å². The van der Waals surface area contributed by atoms with Crippen molar-refractivity contribution in [2.75, 3.05) is 0 Å². The molecule has 0 amide bonds. The topological polar surface area (TPSA) is 0 Å². The van der Waals surface area contributed by atoms with Gasteiger partial charge in [0.25, 0.3) is 0 Å². The van der Waals surface area contributed by atoms with Gasteiger partial charge in [-0.15, -0.1) is 0 Å². The Morgan fingerprint density at radius 2 is 1.09 bits per heavy atom. The molecule has 0 saturated heterocycles. The number of rotatable bonds is 6. The van der Waals surface area contributed by atoms with E-state index in [2.05, 4.69) is 6.92 Å². The van der Waals surface area contributed by atoms with Gasteiger partial charge in [0.2, 0.25) is 0 Å². The Labute approximate surface area is 185 Å². The Balaban J connectivity index is 1.78. The predicted octanol–water partition coefficient (Wildman–Crippen LogP) is 8.96.